The Kier molecular flexibility index (Phi) is 4.67. The number of halogens is 2. The normalized spacial score (nSPS) is 13.8. The van der Waals surface area contributed by atoms with Crippen molar-refractivity contribution in [2.75, 3.05) is 5.73 Å². The second-order valence-corrected chi connectivity index (χ2v) is 6.52. The molecule has 0 bridgehead atoms. The van der Waals surface area contributed by atoms with E-state index in [4.69, 9.17) is 5.73 Å². The summed E-state index contributed by atoms with van der Waals surface area (Å²) in [5.41, 5.74) is 5.73. The molecule has 1 unspecified atom stereocenters. The standard InChI is InChI=1S/C12H17F2NO2S/c1-3-8(2)18(16,17)11-6-4-5-10(15)9(11)7-12(13)14/h4-6,8,12H,3,7,15H2,1-2H3. The molecule has 0 saturated heterocycles. The molecule has 0 spiro atoms. The van der Waals surface area contributed by atoms with Gasteiger partial charge in [0, 0.05) is 12.1 Å². The quantitative estimate of drug-likeness (QED) is 0.842. The lowest BCUT2D eigenvalue weighted by Crippen LogP contribution is -2.20. The van der Waals surface area contributed by atoms with E-state index in [1.165, 1.54) is 18.2 Å². The molecule has 1 aromatic carbocycles. The molecule has 6 heteroatoms. The number of benzene rings is 1. The van der Waals surface area contributed by atoms with Crippen LogP contribution in [0.3, 0.4) is 0 Å². The molecule has 3 nitrogen and oxygen atoms in total. The highest BCUT2D eigenvalue weighted by molar-refractivity contribution is 7.92. The summed E-state index contributed by atoms with van der Waals surface area (Å²) in [5.74, 6) is 0. The van der Waals surface area contributed by atoms with Gasteiger partial charge in [0.1, 0.15) is 0 Å². The minimum atomic E-state index is -3.60. The molecule has 0 aliphatic rings. The van der Waals surface area contributed by atoms with E-state index >= 15 is 0 Å². The second-order valence-electron chi connectivity index (χ2n) is 4.18. The molecular weight excluding hydrogens is 260 g/mol. The first-order valence-corrected chi connectivity index (χ1v) is 7.24. The Labute approximate surface area is 106 Å². The monoisotopic (exact) mass is 277 g/mol. The van der Waals surface area contributed by atoms with Gasteiger partial charge in [-0.15, -0.1) is 0 Å². The summed E-state index contributed by atoms with van der Waals surface area (Å²) in [5, 5.41) is -0.615. The van der Waals surface area contributed by atoms with Crippen molar-refractivity contribution in [3.05, 3.63) is 23.8 Å². The third-order valence-electron chi connectivity index (χ3n) is 2.94. The average molecular weight is 277 g/mol. The van der Waals surface area contributed by atoms with Gasteiger partial charge in [-0.1, -0.05) is 13.0 Å². The number of anilines is 1. The third kappa shape index (κ3) is 2.98. The Balaban J connectivity index is 3.37. The maximum Gasteiger partial charge on any atom is 0.242 e. The Morgan fingerprint density at radius 1 is 1.33 bits per heavy atom. The fourth-order valence-electron chi connectivity index (χ4n) is 1.66. The number of hydrogen-bond donors (Lipinski definition) is 1. The summed E-state index contributed by atoms with van der Waals surface area (Å²) in [4.78, 5) is -0.0721. The minimum absolute atomic E-state index is 0.0211. The molecule has 1 aromatic rings. The van der Waals surface area contributed by atoms with Gasteiger partial charge in [0.05, 0.1) is 10.1 Å². The molecule has 0 amide bonds. The molecule has 2 N–H and O–H groups in total. The molecule has 18 heavy (non-hydrogen) atoms. The van der Waals surface area contributed by atoms with E-state index < -0.39 is 27.9 Å². The molecule has 102 valence electrons. The number of rotatable bonds is 5. The van der Waals surface area contributed by atoms with E-state index in [9.17, 15) is 17.2 Å². The topological polar surface area (TPSA) is 60.2 Å². The zero-order valence-corrected chi connectivity index (χ0v) is 11.2. The van der Waals surface area contributed by atoms with Crippen molar-refractivity contribution in [1.82, 2.24) is 0 Å². The SMILES string of the molecule is CCC(C)S(=O)(=O)c1cccc(N)c1CC(F)F. The number of nitrogens with two attached hydrogens (primary N) is 1. The molecule has 0 heterocycles. The van der Waals surface area contributed by atoms with Gasteiger partial charge in [-0.3, -0.25) is 0 Å². The van der Waals surface area contributed by atoms with Crippen molar-refractivity contribution in [2.24, 2.45) is 0 Å². The van der Waals surface area contributed by atoms with E-state index in [-0.39, 0.29) is 16.1 Å². The van der Waals surface area contributed by atoms with Crippen LogP contribution < -0.4 is 5.73 Å². The van der Waals surface area contributed by atoms with Gasteiger partial charge >= 0.3 is 0 Å². The number of hydrogen-bond acceptors (Lipinski definition) is 3. The summed E-state index contributed by atoms with van der Waals surface area (Å²) in [6, 6.07) is 4.25. The maximum absolute atomic E-state index is 12.5. The maximum atomic E-state index is 12.5. The van der Waals surface area contributed by atoms with Gasteiger partial charge in [-0.05, 0) is 31.0 Å². The van der Waals surface area contributed by atoms with Gasteiger partial charge in [-0.25, -0.2) is 17.2 Å². The Bertz CT molecular complexity index is 515. The lowest BCUT2D eigenvalue weighted by molar-refractivity contribution is 0.148. The third-order valence-corrected chi connectivity index (χ3v) is 5.33. The van der Waals surface area contributed by atoms with Gasteiger partial charge in [-0.2, -0.15) is 0 Å². The van der Waals surface area contributed by atoms with Gasteiger partial charge in [0.15, 0.2) is 9.84 Å². The minimum Gasteiger partial charge on any atom is -0.398 e. The fourth-order valence-corrected chi connectivity index (χ4v) is 3.34. The lowest BCUT2D eigenvalue weighted by Gasteiger charge is -2.16. The van der Waals surface area contributed by atoms with Crippen LogP contribution in [0.1, 0.15) is 25.8 Å². The highest BCUT2D eigenvalue weighted by Crippen LogP contribution is 2.28. The first-order chi connectivity index (χ1) is 8.30. The summed E-state index contributed by atoms with van der Waals surface area (Å²) >= 11 is 0. The molecule has 0 aliphatic carbocycles. The summed E-state index contributed by atoms with van der Waals surface area (Å²) in [6.07, 6.45) is -2.84. The molecule has 0 saturated carbocycles. The van der Waals surface area contributed by atoms with Crippen LogP contribution in [0.2, 0.25) is 0 Å². The molecule has 0 aromatic heterocycles. The predicted octanol–water partition coefficient (Wildman–Crippen LogP) is 2.65. The zero-order valence-electron chi connectivity index (χ0n) is 10.4. The van der Waals surface area contributed by atoms with Crippen LogP contribution in [-0.2, 0) is 16.3 Å². The number of alkyl halides is 2. The van der Waals surface area contributed by atoms with Crippen molar-refractivity contribution in [3.63, 3.8) is 0 Å². The summed E-state index contributed by atoms with van der Waals surface area (Å²) < 4.78 is 49.4. The Hall–Kier alpha value is -1.17. The molecular formula is C12H17F2NO2S. The Morgan fingerprint density at radius 2 is 1.94 bits per heavy atom. The molecule has 0 fully saturated rings. The van der Waals surface area contributed by atoms with Crippen molar-refractivity contribution >= 4 is 15.5 Å². The van der Waals surface area contributed by atoms with E-state index in [0.717, 1.165) is 0 Å². The van der Waals surface area contributed by atoms with E-state index in [1.54, 1.807) is 13.8 Å². The lowest BCUT2D eigenvalue weighted by atomic mass is 10.1. The largest absolute Gasteiger partial charge is 0.398 e. The predicted molar refractivity (Wildman–Crippen MR) is 67.5 cm³/mol. The van der Waals surface area contributed by atoms with Crippen LogP contribution in [-0.4, -0.2) is 20.1 Å². The van der Waals surface area contributed by atoms with Gasteiger partial charge in [0.25, 0.3) is 0 Å². The van der Waals surface area contributed by atoms with Crippen molar-refractivity contribution < 1.29 is 17.2 Å². The fraction of sp³-hybridized carbons (Fsp3) is 0.500. The van der Waals surface area contributed by atoms with Crippen molar-refractivity contribution in [1.29, 1.82) is 0 Å². The van der Waals surface area contributed by atoms with Crippen molar-refractivity contribution in [2.45, 2.75) is 43.3 Å². The van der Waals surface area contributed by atoms with E-state index in [2.05, 4.69) is 0 Å². The van der Waals surface area contributed by atoms with Gasteiger partial charge < -0.3 is 5.73 Å². The van der Waals surface area contributed by atoms with E-state index in [1.807, 2.05) is 0 Å². The zero-order chi connectivity index (χ0) is 13.9. The second kappa shape index (κ2) is 5.65. The molecule has 0 radical (unpaired) electrons. The molecule has 0 aliphatic heterocycles. The highest BCUT2D eigenvalue weighted by Gasteiger charge is 2.26. The van der Waals surface area contributed by atoms with Crippen LogP contribution in [0, 0.1) is 0 Å². The van der Waals surface area contributed by atoms with Crippen LogP contribution in [0.5, 0.6) is 0 Å². The summed E-state index contributed by atoms with van der Waals surface area (Å²) in [6.45, 7) is 3.30. The molecule has 1 atom stereocenters. The number of nitrogen functional groups attached to an aromatic ring is 1. The first-order valence-electron chi connectivity index (χ1n) is 5.70. The highest BCUT2D eigenvalue weighted by atomic mass is 32.2. The molecule has 1 rings (SSSR count). The van der Waals surface area contributed by atoms with Crippen LogP contribution in [0.15, 0.2) is 23.1 Å². The van der Waals surface area contributed by atoms with E-state index in [0.29, 0.717) is 6.42 Å². The first kappa shape index (κ1) is 14.9. The van der Waals surface area contributed by atoms with Crippen molar-refractivity contribution in [3.8, 4) is 0 Å². The smallest absolute Gasteiger partial charge is 0.242 e. The Morgan fingerprint density at radius 3 is 2.44 bits per heavy atom. The van der Waals surface area contributed by atoms with Crippen LogP contribution >= 0.6 is 0 Å². The van der Waals surface area contributed by atoms with Crippen LogP contribution in [0.25, 0.3) is 0 Å². The summed E-state index contributed by atoms with van der Waals surface area (Å²) in [7, 11) is -3.60. The number of sulfone groups is 1. The van der Waals surface area contributed by atoms with Crippen LogP contribution in [0.4, 0.5) is 14.5 Å². The average Bonchev–Trinajstić information content (AvgIpc) is 2.29. The van der Waals surface area contributed by atoms with Gasteiger partial charge in [0.2, 0.25) is 6.43 Å².